The average molecular weight is 276 g/mol. The minimum Gasteiger partial charge on any atom is -0.385 e. The Morgan fingerprint density at radius 1 is 1.32 bits per heavy atom. The maximum atomic E-state index is 13.2. The monoisotopic (exact) mass is 276 g/mol. The highest BCUT2D eigenvalue weighted by Gasteiger charge is 2.39. The van der Waals surface area contributed by atoms with Gasteiger partial charge in [0, 0.05) is 0 Å². The molecule has 0 amide bonds. The van der Waals surface area contributed by atoms with Gasteiger partial charge < -0.3 is 5.11 Å². The maximum Gasteiger partial charge on any atom is 0.419 e. The Bertz CT molecular complexity index is 469. The molecule has 2 unspecified atom stereocenters. The van der Waals surface area contributed by atoms with E-state index in [2.05, 4.69) is 0 Å². The van der Waals surface area contributed by atoms with Gasteiger partial charge in [-0.15, -0.1) is 0 Å². The molecule has 0 bridgehead atoms. The number of rotatable bonds is 1. The Morgan fingerprint density at radius 2 is 2.00 bits per heavy atom. The second kappa shape index (κ2) is 4.78. The van der Waals surface area contributed by atoms with E-state index in [1.807, 2.05) is 6.92 Å². The highest BCUT2D eigenvalue weighted by molar-refractivity contribution is 5.31. The van der Waals surface area contributed by atoms with E-state index in [0.717, 1.165) is 25.0 Å². The van der Waals surface area contributed by atoms with E-state index in [-0.39, 0.29) is 11.5 Å². The van der Waals surface area contributed by atoms with Crippen molar-refractivity contribution >= 4 is 0 Å². The van der Waals surface area contributed by atoms with E-state index >= 15 is 0 Å². The molecule has 0 spiro atoms. The van der Waals surface area contributed by atoms with Gasteiger partial charge in [0.2, 0.25) is 0 Å². The molecule has 0 heterocycles. The Morgan fingerprint density at radius 3 is 2.58 bits per heavy atom. The fraction of sp³-hybridized carbons (Fsp3) is 0.571. The van der Waals surface area contributed by atoms with Crippen molar-refractivity contribution in [3.05, 3.63) is 35.1 Å². The lowest BCUT2D eigenvalue weighted by molar-refractivity contribution is -0.140. The number of benzene rings is 1. The molecular weight excluding hydrogens is 260 g/mol. The Balaban J connectivity index is 2.40. The first-order valence-corrected chi connectivity index (χ1v) is 6.32. The van der Waals surface area contributed by atoms with Gasteiger partial charge in [-0.25, -0.2) is 4.39 Å². The average Bonchev–Trinajstić information content (AvgIpc) is 2.27. The van der Waals surface area contributed by atoms with Gasteiger partial charge >= 0.3 is 6.18 Å². The van der Waals surface area contributed by atoms with Crippen LogP contribution in [0.2, 0.25) is 0 Å². The molecule has 1 aromatic rings. The predicted octanol–water partition coefficient (Wildman–Crippen LogP) is 4.24. The van der Waals surface area contributed by atoms with E-state index in [4.69, 9.17) is 0 Å². The van der Waals surface area contributed by atoms with Crippen LogP contribution < -0.4 is 0 Å². The minimum absolute atomic E-state index is 0.160. The van der Waals surface area contributed by atoms with Crippen LogP contribution in [0.4, 0.5) is 17.6 Å². The van der Waals surface area contributed by atoms with Crippen LogP contribution in [-0.4, -0.2) is 5.11 Å². The molecular formula is C14H16F4O. The first-order valence-electron chi connectivity index (χ1n) is 6.32. The van der Waals surface area contributed by atoms with Crippen molar-refractivity contribution in [3.8, 4) is 0 Å². The number of alkyl halides is 3. The van der Waals surface area contributed by atoms with E-state index in [9.17, 15) is 22.7 Å². The number of hydrogen-bond donors (Lipinski definition) is 1. The van der Waals surface area contributed by atoms with Crippen molar-refractivity contribution < 1.29 is 22.7 Å². The van der Waals surface area contributed by atoms with Crippen LogP contribution in [0.15, 0.2) is 18.2 Å². The highest BCUT2D eigenvalue weighted by atomic mass is 19.4. The zero-order valence-electron chi connectivity index (χ0n) is 10.6. The van der Waals surface area contributed by atoms with Crippen molar-refractivity contribution in [2.24, 2.45) is 5.92 Å². The summed E-state index contributed by atoms with van der Waals surface area (Å²) in [6.45, 7) is 1.96. The first-order chi connectivity index (χ1) is 8.72. The molecule has 1 aromatic carbocycles. The van der Waals surface area contributed by atoms with Crippen LogP contribution in [0, 0.1) is 11.7 Å². The molecule has 5 heteroatoms. The van der Waals surface area contributed by atoms with Gasteiger partial charge in [-0.3, -0.25) is 0 Å². The number of aliphatic hydroxyl groups is 1. The van der Waals surface area contributed by atoms with Crippen molar-refractivity contribution in [1.82, 2.24) is 0 Å². The summed E-state index contributed by atoms with van der Waals surface area (Å²) in [6.07, 6.45) is -2.20. The molecule has 0 aliphatic heterocycles. The van der Waals surface area contributed by atoms with Gasteiger partial charge in [0.15, 0.2) is 0 Å². The molecule has 0 saturated heterocycles. The largest absolute Gasteiger partial charge is 0.419 e. The zero-order valence-corrected chi connectivity index (χ0v) is 10.6. The summed E-state index contributed by atoms with van der Waals surface area (Å²) in [4.78, 5) is 0. The molecule has 2 atom stereocenters. The summed E-state index contributed by atoms with van der Waals surface area (Å²) in [5.74, 6) is -1.05. The van der Waals surface area contributed by atoms with Gasteiger partial charge in [0.1, 0.15) is 5.82 Å². The topological polar surface area (TPSA) is 20.2 Å². The van der Waals surface area contributed by atoms with Gasteiger partial charge in [-0.2, -0.15) is 13.2 Å². The number of hydrogen-bond acceptors (Lipinski definition) is 1. The quantitative estimate of drug-likeness (QED) is 0.760. The molecule has 1 aliphatic rings. The molecule has 2 rings (SSSR count). The van der Waals surface area contributed by atoms with Crippen molar-refractivity contribution in [2.45, 2.75) is 44.4 Å². The van der Waals surface area contributed by atoms with Crippen LogP contribution in [0.25, 0.3) is 0 Å². The van der Waals surface area contributed by atoms with Crippen molar-refractivity contribution in [1.29, 1.82) is 0 Å². The van der Waals surface area contributed by atoms with Crippen LogP contribution in [0.5, 0.6) is 0 Å². The predicted molar refractivity (Wildman–Crippen MR) is 62.9 cm³/mol. The van der Waals surface area contributed by atoms with Crippen LogP contribution in [0.1, 0.15) is 43.7 Å². The Labute approximate surface area is 109 Å². The first kappa shape index (κ1) is 14.3. The minimum atomic E-state index is -4.74. The lowest BCUT2D eigenvalue weighted by Crippen LogP contribution is -2.32. The molecule has 1 fully saturated rings. The summed E-state index contributed by atoms with van der Waals surface area (Å²) >= 11 is 0. The Kier molecular flexibility index (Phi) is 3.60. The second-order valence-electron chi connectivity index (χ2n) is 5.43. The van der Waals surface area contributed by atoms with E-state index in [1.165, 1.54) is 6.07 Å². The van der Waals surface area contributed by atoms with Crippen LogP contribution in [-0.2, 0) is 11.8 Å². The summed E-state index contributed by atoms with van der Waals surface area (Å²) in [5, 5.41) is 10.5. The molecule has 0 radical (unpaired) electrons. The molecule has 1 nitrogen and oxygen atoms in total. The standard InChI is InChI=1S/C14H16F4O/c1-9-3-2-6-13(19,8-9)10-4-5-12(15)11(7-10)14(16,17)18/h4-5,7,9,19H,2-3,6,8H2,1H3. The van der Waals surface area contributed by atoms with Crippen molar-refractivity contribution in [2.75, 3.05) is 0 Å². The fourth-order valence-electron chi connectivity index (χ4n) is 2.82. The Hall–Kier alpha value is -1.10. The van der Waals surface area contributed by atoms with Gasteiger partial charge in [-0.05, 0) is 42.9 Å². The highest BCUT2D eigenvalue weighted by Crippen LogP contribution is 2.41. The third-order valence-electron chi connectivity index (χ3n) is 3.78. The molecule has 106 valence electrons. The normalized spacial score (nSPS) is 28.4. The lowest BCUT2D eigenvalue weighted by Gasteiger charge is -2.36. The molecule has 19 heavy (non-hydrogen) atoms. The lowest BCUT2D eigenvalue weighted by atomic mass is 9.75. The molecule has 1 N–H and O–H groups in total. The van der Waals surface area contributed by atoms with Gasteiger partial charge in [-0.1, -0.05) is 19.4 Å². The molecule has 1 aliphatic carbocycles. The summed E-state index contributed by atoms with van der Waals surface area (Å²) < 4.78 is 51.3. The van der Waals surface area contributed by atoms with Crippen LogP contribution in [0.3, 0.4) is 0 Å². The van der Waals surface area contributed by atoms with E-state index < -0.39 is 23.2 Å². The smallest absolute Gasteiger partial charge is 0.385 e. The molecule has 1 saturated carbocycles. The third kappa shape index (κ3) is 2.91. The molecule has 0 aromatic heterocycles. The van der Waals surface area contributed by atoms with Crippen LogP contribution >= 0.6 is 0 Å². The van der Waals surface area contributed by atoms with E-state index in [1.54, 1.807) is 0 Å². The summed E-state index contributed by atoms with van der Waals surface area (Å²) in [5.41, 5.74) is -2.42. The SMILES string of the molecule is CC1CCCC(O)(c2ccc(F)c(C(F)(F)F)c2)C1. The summed E-state index contributed by atoms with van der Waals surface area (Å²) in [6, 6.07) is 2.78. The van der Waals surface area contributed by atoms with Gasteiger partial charge in [0.25, 0.3) is 0 Å². The van der Waals surface area contributed by atoms with E-state index in [0.29, 0.717) is 12.8 Å². The van der Waals surface area contributed by atoms with Gasteiger partial charge in [0.05, 0.1) is 11.2 Å². The third-order valence-corrected chi connectivity index (χ3v) is 3.78. The van der Waals surface area contributed by atoms with Crippen molar-refractivity contribution in [3.63, 3.8) is 0 Å². The number of halogens is 4. The fourth-order valence-corrected chi connectivity index (χ4v) is 2.82. The summed E-state index contributed by atoms with van der Waals surface area (Å²) in [7, 11) is 0. The zero-order chi connectivity index (χ0) is 14.3. The second-order valence-corrected chi connectivity index (χ2v) is 5.43. The maximum absolute atomic E-state index is 13.2.